The maximum Gasteiger partial charge on any atom is 0.227 e. The minimum absolute atomic E-state index is 0.0275. The number of hydrogen-bond donors (Lipinski definition) is 1. The highest BCUT2D eigenvalue weighted by Crippen LogP contribution is 2.28. The Morgan fingerprint density at radius 2 is 2.00 bits per heavy atom. The monoisotopic (exact) mass is 366 g/mol. The third-order valence-corrected chi connectivity index (χ3v) is 4.96. The van der Waals surface area contributed by atoms with Crippen LogP contribution in [0.15, 0.2) is 54.6 Å². The summed E-state index contributed by atoms with van der Waals surface area (Å²) in [6.07, 6.45) is 2.03. The van der Waals surface area contributed by atoms with Crippen LogP contribution in [0.4, 0.5) is 5.69 Å². The Kier molecular flexibility index (Phi) is 6.12. The fourth-order valence-electron chi connectivity index (χ4n) is 3.37. The van der Waals surface area contributed by atoms with Gasteiger partial charge in [0.25, 0.3) is 0 Å². The highest BCUT2D eigenvalue weighted by atomic mass is 16.5. The second kappa shape index (κ2) is 8.71. The van der Waals surface area contributed by atoms with Crippen LogP contribution < -0.4 is 15.0 Å². The van der Waals surface area contributed by atoms with Gasteiger partial charge in [-0.15, -0.1) is 0 Å². The quantitative estimate of drug-likeness (QED) is 0.819. The van der Waals surface area contributed by atoms with Crippen LogP contribution in [-0.2, 0) is 16.0 Å². The van der Waals surface area contributed by atoms with Gasteiger partial charge in [0.2, 0.25) is 11.8 Å². The molecule has 0 saturated carbocycles. The number of hydrogen-bond acceptors (Lipinski definition) is 3. The molecule has 1 aliphatic heterocycles. The zero-order chi connectivity index (χ0) is 19.2. The van der Waals surface area contributed by atoms with Gasteiger partial charge >= 0.3 is 0 Å². The highest BCUT2D eigenvalue weighted by molar-refractivity contribution is 6.00. The summed E-state index contributed by atoms with van der Waals surface area (Å²) in [7, 11) is 1.60. The summed E-state index contributed by atoms with van der Waals surface area (Å²) >= 11 is 0. The average molecular weight is 366 g/mol. The minimum atomic E-state index is -0.317. The number of carbonyl (C=O) groups excluding carboxylic acids is 2. The molecule has 0 bridgehead atoms. The van der Waals surface area contributed by atoms with Crippen molar-refractivity contribution in [2.45, 2.75) is 32.2 Å². The lowest BCUT2D eigenvalue weighted by atomic mass is 10.0. The van der Waals surface area contributed by atoms with E-state index in [4.69, 9.17) is 4.74 Å². The van der Waals surface area contributed by atoms with Gasteiger partial charge in [0.15, 0.2) is 0 Å². The molecule has 1 heterocycles. The summed E-state index contributed by atoms with van der Waals surface area (Å²) in [4.78, 5) is 26.7. The van der Waals surface area contributed by atoms with Crippen molar-refractivity contribution in [1.82, 2.24) is 5.32 Å². The van der Waals surface area contributed by atoms with E-state index in [9.17, 15) is 9.59 Å². The third kappa shape index (κ3) is 4.88. The van der Waals surface area contributed by atoms with Gasteiger partial charge < -0.3 is 15.0 Å². The smallest absolute Gasteiger partial charge is 0.227 e. The normalized spacial score (nSPS) is 17.6. The van der Waals surface area contributed by atoms with Crippen molar-refractivity contribution in [3.63, 3.8) is 0 Å². The van der Waals surface area contributed by atoms with Gasteiger partial charge in [-0.1, -0.05) is 36.4 Å². The van der Waals surface area contributed by atoms with Gasteiger partial charge in [0.1, 0.15) is 5.75 Å². The molecule has 0 aromatic heterocycles. The molecule has 5 nitrogen and oxygen atoms in total. The minimum Gasteiger partial charge on any atom is -0.497 e. The number of carbonyl (C=O) groups is 2. The molecule has 2 aromatic rings. The number of nitrogens with one attached hydrogen (secondary N) is 1. The molecule has 1 aliphatic rings. The van der Waals surface area contributed by atoms with E-state index in [2.05, 4.69) is 17.4 Å². The van der Waals surface area contributed by atoms with Crippen LogP contribution in [0.2, 0.25) is 0 Å². The van der Waals surface area contributed by atoms with E-state index in [1.54, 1.807) is 12.0 Å². The summed E-state index contributed by atoms with van der Waals surface area (Å²) < 4.78 is 5.22. The van der Waals surface area contributed by atoms with Crippen LogP contribution in [0.5, 0.6) is 5.75 Å². The lowest BCUT2D eigenvalue weighted by Gasteiger charge is -2.19. The maximum absolute atomic E-state index is 12.6. The number of anilines is 1. The molecule has 5 heteroatoms. The van der Waals surface area contributed by atoms with Crippen LogP contribution in [0, 0.1) is 5.92 Å². The zero-order valence-corrected chi connectivity index (χ0v) is 15.9. The number of ether oxygens (including phenoxy) is 1. The number of aryl methyl sites for hydroxylation is 1. The van der Waals surface area contributed by atoms with E-state index in [1.807, 2.05) is 49.4 Å². The summed E-state index contributed by atoms with van der Waals surface area (Å²) in [5, 5.41) is 3.06. The Morgan fingerprint density at radius 3 is 2.74 bits per heavy atom. The molecule has 1 N–H and O–H groups in total. The molecule has 0 aliphatic carbocycles. The molecular weight excluding hydrogens is 340 g/mol. The number of methoxy groups -OCH3 is 1. The summed E-state index contributed by atoms with van der Waals surface area (Å²) in [5.41, 5.74) is 2.03. The van der Waals surface area contributed by atoms with Crippen LogP contribution >= 0.6 is 0 Å². The Morgan fingerprint density at radius 1 is 1.22 bits per heavy atom. The first-order valence-electron chi connectivity index (χ1n) is 9.35. The lowest BCUT2D eigenvalue weighted by Crippen LogP contribution is -2.38. The Hall–Kier alpha value is -2.82. The predicted octanol–water partition coefficient (Wildman–Crippen LogP) is 3.19. The Balaban J connectivity index is 1.53. The topological polar surface area (TPSA) is 58.6 Å². The van der Waals surface area contributed by atoms with Crippen molar-refractivity contribution in [3.05, 3.63) is 60.2 Å². The first-order valence-corrected chi connectivity index (χ1v) is 9.35. The van der Waals surface area contributed by atoms with Gasteiger partial charge in [-0.3, -0.25) is 9.59 Å². The maximum atomic E-state index is 12.6. The van der Waals surface area contributed by atoms with Gasteiger partial charge in [-0.2, -0.15) is 0 Å². The Labute approximate surface area is 160 Å². The molecule has 0 radical (unpaired) electrons. The first-order chi connectivity index (χ1) is 13.1. The van der Waals surface area contributed by atoms with Crippen molar-refractivity contribution < 1.29 is 14.3 Å². The second-order valence-electron chi connectivity index (χ2n) is 7.04. The van der Waals surface area contributed by atoms with Crippen molar-refractivity contribution in [2.24, 2.45) is 5.92 Å². The summed E-state index contributed by atoms with van der Waals surface area (Å²) in [6.45, 7) is 2.42. The van der Waals surface area contributed by atoms with Crippen molar-refractivity contribution >= 4 is 17.5 Å². The van der Waals surface area contributed by atoms with Crippen molar-refractivity contribution in [3.8, 4) is 5.75 Å². The zero-order valence-electron chi connectivity index (χ0n) is 15.9. The van der Waals surface area contributed by atoms with Crippen LogP contribution in [0.25, 0.3) is 0 Å². The molecule has 2 amide bonds. The van der Waals surface area contributed by atoms with Crippen LogP contribution in [0.1, 0.15) is 25.3 Å². The fraction of sp³-hybridized carbons (Fsp3) is 0.364. The number of benzene rings is 2. The van der Waals surface area contributed by atoms with E-state index in [1.165, 1.54) is 5.56 Å². The second-order valence-corrected chi connectivity index (χ2v) is 7.04. The molecular formula is C22H26N2O3. The molecule has 2 aromatic carbocycles. The van der Waals surface area contributed by atoms with Crippen LogP contribution in [-0.4, -0.2) is 31.5 Å². The van der Waals surface area contributed by atoms with E-state index in [0.29, 0.717) is 12.3 Å². The van der Waals surface area contributed by atoms with E-state index in [0.717, 1.165) is 18.5 Å². The average Bonchev–Trinajstić information content (AvgIpc) is 3.09. The Bertz CT molecular complexity index is 791. The van der Waals surface area contributed by atoms with E-state index >= 15 is 0 Å². The highest BCUT2D eigenvalue weighted by Gasteiger charge is 2.35. The van der Waals surface area contributed by atoms with Crippen molar-refractivity contribution in [2.75, 3.05) is 18.6 Å². The standard InChI is InChI=1S/C22H26N2O3/c1-16(11-12-17-7-4-3-5-8-17)23-22(26)18-13-21(25)24(15-18)19-9-6-10-20(14-19)27-2/h3-10,14,16,18H,11-13,15H2,1-2H3,(H,23,26)/t16-,18+/m1/s1. The van der Waals surface area contributed by atoms with Gasteiger partial charge in [-0.25, -0.2) is 0 Å². The number of rotatable bonds is 7. The number of nitrogens with zero attached hydrogens (tertiary/aromatic N) is 1. The summed E-state index contributed by atoms with van der Waals surface area (Å²) in [6, 6.07) is 17.7. The fourth-order valence-corrected chi connectivity index (χ4v) is 3.37. The molecule has 2 atom stereocenters. The lowest BCUT2D eigenvalue weighted by molar-refractivity contribution is -0.126. The molecule has 3 rings (SSSR count). The van der Waals surface area contributed by atoms with Crippen molar-refractivity contribution in [1.29, 1.82) is 0 Å². The molecule has 142 valence electrons. The van der Waals surface area contributed by atoms with Gasteiger partial charge in [0.05, 0.1) is 13.0 Å². The predicted molar refractivity (Wildman–Crippen MR) is 106 cm³/mol. The molecule has 1 saturated heterocycles. The van der Waals surface area contributed by atoms with E-state index < -0.39 is 0 Å². The molecule has 0 unspecified atom stereocenters. The number of amides is 2. The SMILES string of the molecule is COc1cccc(N2C[C@@H](C(=O)N[C@H](C)CCc3ccccc3)CC2=O)c1. The van der Waals surface area contributed by atoms with E-state index in [-0.39, 0.29) is 30.2 Å². The molecule has 27 heavy (non-hydrogen) atoms. The van der Waals surface area contributed by atoms with Gasteiger partial charge in [-0.05, 0) is 37.5 Å². The largest absolute Gasteiger partial charge is 0.497 e. The van der Waals surface area contributed by atoms with Gasteiger partial charge in [0, 0.05) is 30.8 Å². The third-order valence-electron chi connectivity index (χ3n) is 4.96. The summed E-state index contributed by atoms with van der Waals surface area (Å²) in [5.74, 6) is 0.306. The van der Waals surface area contributed by atoms with Crippen LogP contribution in [0.3, 0.4) is 0 Å². The molecule has 0 spiro atoms. The molecule has 1 fully saturated rings. The first kappa shape index (κ1) is 19.0.